The van der Waals surface area contributed by atoms with E-state index in [1.165, 1.54) is 22.0 Å². The predicted octanol–water partition coefficient (Wildman–Crippen LogP) is 2.24. The van der Waals surface area contributed by atoms with Crippen molar-refractivity contribution in [1.29, 1.82) is 0 Å². The SMILES string of the molecule is c1cc2c3c(c[nH]c3c1)CCOC2. The number of rotatable bonds is 0. The second kappa shape index (κ2) is 2.60. The first-order valence-corrected chi connectivity index (χ1v) is 4.61. The van der Waals surface area contributed by atoms with Crippen molar-refractivity contribution < 1.29 is 4.74 Å². The monoisotopic (exact) mass is 173 g/mol. The van der Waals surface area contributed by atoms with E-state index < -0.39 is 0 Å². The molecule has 66 valence electrons. The van der Waals surface area contributed by atoms with Crippen LogP contribution in [0.5, 0.6) is 0 Å². The smallest absolute Gasteiger partial charge is 0.0723 e. The van der Waals surface area contributed by atoms with Crippen LogP contribution in [0.2, 0.25) is 0 Å². The number of ether oxygens (including phenoxy) is 1. The van der Waals surface area contributed by atoms with Crippen LogP contribution in [0.3, 0.4) is 0 Å². The molecule has 0 bridgehead atoms. The summed E-state index contributed by atoms with van der Waals surface area (Å²) in [6.45, 7) is 1.59. The highest BCUT2D eigenvalue weighted by atomic mass is 16.5. The van der Waals surface area contributed by atoms with Crippen LogP contribution in [0.25, 0.3) is 10.9 Å². The van der Waals surface area contributed by atoms with Gasteiger partial charge >= 0.3 is 0 Å². The normalized spacial score (nSPS) is 16.0. The molecule has 2 heteroatoms. The molecule has 1 aliphatic rings. The molecule has 0 unspecified atom stereocenters. The Kier molecular flexibility index (Phi) is 1.43. The van der Waals surface area contributed by atoms with Crippen LogP contribution >= 0.6 is 0 Å². The van der Waals surface area contributed by atoms with E-state index in [2.05, 4.69) is 29.4 Å². The molecule has 2 nitrogen and oxygen atoms in total. The van der Waals surface area contributed by atoms with Crippen molar-refractivity contribution in [1.82, 2.24) is 4.98 Å². The van der Waals surface area contributed by atoms with E-state index in [1.54, 1.807) is 0 Å². The van der Waals surface area contributed by atoms with E-state index in [0.717, 1.165) is 19.6 Å². The lowest BCUT2D eigenvalue weighted by molar-refractivity contribution is 0.127. The van der Waals surface area contributed by atoms with Crippen molar-refractivity contribution >= 4 is 10.9 Å². The van der Waals surface area contributed by atoms with Crippen LogP contribution in [0.1, 0.15) is 11.1 Å². The van der Waals surface area contributed by atoms with Gasteiger partial charge in [0, 0.05) is 17.1 Å². The number of hydrogen-bond acceptors (Lipinski definition) is 1. The molecule has 0 atom stereocenters. The van der Waals surface area contributed by atoms with Crippen LogP contribution in [-0.2, 0) is 17.8 Å². The molecule has 2 aromatic rings. The predicted molar refractivity (Wildman–Crippen MR) is 51.7 cm³/mol. The Hall–Kier alpha value is -1.28. The van der Waals surface area contributed by atoms with Gasteiger partial charge < -0.3 is 9.72 Å². The fourth-order valence-corrected chi connectivity index (χ4v) is 2.02. The van der Waals surface area contributed by atoms with Gasteiger partial charge in [0.05, 0.1) is 13.2 Å². The summed E-state index contributed by atoms with van der Waals surface area (Å²) in [6.07, 6.45) is 3.12. The van der Waals surface area contributed by atoms with Crippen LogP contribution in [0, 0.1) is 0 Å². The minimum atomic E-state index is 0.752. The Morgan fingerprint density at radius 3 is 3.23 bits per heavy atom. The van der Waals surface area contributed by atoms with Crippen molar-refractivity contribution in [2.24, 2.45) is 0 Å². The zero-order valence-corrected chi connectivity index (χ0v) is 7.34. The lowest BCUT2D eigenvalue weighted by Crippen LogP contribution is -1.93. The topological polar surface area (TPSA) is 25.0 Å². The van der Waals surface area contributed by atoms with Gasteiger partial charge in [-0.1, -0.05) is 12.1 Å². The fraction of sp³-hybridized carbons (Fsp3) is 0.273. The largest absolute Gasteiger partial charge is 0.376 e. The van der Waals surface area contributed by atoms with Gasteiger partial charge in [0.15, 0.2) is 0 Å². The second-order valence-corrected chi connectivity index (χ2v) is 3.46. The van der Waals surface area contributed by atoms with E-state index in [4.69, 9.17) is 4.74 Å². The van der Waals surface area contributed by atoms with Crippen LogP contribution in [0.15, 0.2) is 24.4 Å². The quantitative estimate of drug-likeness (QED) is 0.649. The summed E-state index contributed by atoms with van der Waals surface area (Å²) >= 11 is 0. The van der Waals surface area contributed by atoms with Crippen LogP contribution < -0.4 is 0 Å². The summed E-state index contributed by atoms with van der Waals surface area (Å²) in [4.78, 5) is 3.29. The van der Waals surface area contributed by atoms with E-state index in [-0.39, 0.29) is 0 Å². The van der Waals surface area contributed by atoms with Gasteiger partial charge in [-0.2, -0.15) is 0 Å². The molecule has 1 aromatic heterocycles. The van der Waals surface area contributed by atoms with Gasteiger partial charge in [-0.15, -0.1) is 0 Å². The van der Waals surface area contributed by atoms with Crippen molar-refractivity contribution in [2.45, 2.75) is 13.0 Å². The van der Waals surface area contributed by atoms with Crippen molar-refractivity contribution in [3.8, 4) is 0 Å². The number of aromatic nitrogens is 1. The average Bonchev–Trinajstić information content (AvgIpc) is 2.44. The van der Waals surface area contributed by atoms with Crippen LogP contribution in [-0.4, -0.2) is 11.6 Å². The molecule has 0 spiro atoms. The fourth-order valence-electron chi connectivity index (χ4n) is 2.02. The summed E-state index contributed by atoms with van der Waals surface area (Å²) in [5.74, 6) is 0. The number of hydrogen-bond donors (Lipinski definition) is 1. The number of H-pyrrole nitrogens is 1. The summed E-state index contributed by atoms with van der Waals surface area (Å²) < 4.78 is 5.51. The van der Waals surface area contributed by atoms with E-state index in [9.17, 15) is 0 Å². The molecule has 1 N–H and O–H groups in total. The molecule has 0 amide bonds. The Balaban J connectivity index is 2.40. The van der Waals surface area contributed by atoms with Crippen molar-refractivity contribution in [3.63, 3.8) is 0 Å². The third-order valence-corrected chi connectivity index (χ3v) is 2.65. The van der Waals surface area contributed by atoms with Gasteiger partial charge in [-0.05, 0) is 23.6 Å². The minimum Gasteiger partial charge on any atom is -0.376 e. The Morgan fingerprint density at radius 2 is 2.23 bits per heavy atom. The first-order chi connectivity index (χ1) is 6.45. The maximum Gasteiger partial charge on any atom is 0.0723 e. The second-order valence-electron chi connectivity index (χ2n) is 3.46. The van der Waals surface area contributed by atoms with Gasteiger partial charge in [-0.25, -0.2) is 0 Å². The molecule has 0 fully saturated rings. The maximum absolute atomic E-state index is 5.51. The highest BCUT2D eigenvalue weighted by Crippen LogP contribution is 2.25. The number of aromatic amines is 1. The lowest BCUT2D eigenvalue weighted by atomic mass is 10.1. The van der Waals surface area contributed by atoms with E-state index in [0.29, 0.717) is 0 Å². The zero-order chi connectivity index (χ0) is 8.67. The molecule has 0 saturated carbocycles. The molecule has 1 aromatic carbocycles. The first-order valence-electron chi connectivity index (χ1n) is 4.61. The van der Waals surface area contributed by atoms with Crippen molar-refractivity contribution in [3.05, 3.63) is 35.5 Å². The Morgan fingerprint density at radius 1 is 1.23 bits per heavy atom. The molecule has 0 radical (unpaired) electrons. The average molecular weight is 173 g/mol. The molecule has 1 aliphatic heterocycles. The molecular formula is C11H11NO. The van der Waals surface area contributed by atoms with Gasteiger partial charge in [0.1, 0.15) is 0 Å². The standard InChI is InChI=1S/C11H11NO/c1-2-9-7-13-5-4-8-6-12-10(3-1)11(8)9/h1-3,6,12H,4-5,7H2. The zero-order valence-electron chi connectivity index (χ0n) is 7.34. The molecular weight excluding hydrogens is 162 g/mol. The maximum atomic E-state index is 5.51. The minimum absolute atomic E-state index is 0.752. The summed E-state index contributed by atoms with van der Waals surface area (Å²) in [5, 5.41) is 1.38. The van der Waals surface area contributed by atoms with Gasteiger partial charge in [-0.3, -0.25) is 0 Å². The highest BCUT2D eigenvalue weighted by Gasteiger charge is 2.11. The lowest BCUT2D eigenvalue weighted by Gasteiger charge is -2.00. The first kappa shape index (κ1) is 7.15. The molecule has 0 aliphatic carbocycles. The summed E-state index contributed by atoms with van der Waals surface area (Å²) in [5.41, 5.74) is 3.94. The Labute approximate surface area is 76.5 Å². The van der Waals surface area contributed by atoms with Gasteiger partial charge in [0.25, 0.3) is 0 Å². The molecule has 13 heavy (non-hydrogen) atoms. The van der Waals surface area contributed by atoms with Crippen molar-refractivity contribution in [2.75, 3.05) is 6.61 Å². The Bertz CT molecular complexity index is 444. The molecule has 0 saturated heterocycles. The van der Waals surface area contributed by atoms with Crippen LogP contribution in [0.4, 0.5) is 0 Å². The third-order valence-electron chi connectivity index (χ3n) is 2.65. The summed E-state index contributed by atoms with van der Waals surface area (Å²) in [7, 11) is 0. The number of nitrogens with one attached hydrogen (secondary N) is 1. The number of benzene rings is 1. The highest BCUT2D eigenvalue weighted by molar-refractivity contribution is 5.86. The van der Waals surface area contributed by atoms with E-state index in [1.807, 2.05) is 0 Å². The molecule has 2 heterocycles. The van der Waals surface area contributed by atoms with Gasteiger partial charge in [0.2, 0.25) is 0 Å². The third kappa shape index (κ3) is 0.988. The molecule has 3 rings (SSSR count). The van der Waals surface area contributed by atoms with E-state index >= 15 is 0 Å². The summed E-state index contributed by atoms with van der Waals surface area (Å²) in [6, 6.07) is 6.34.